The van der Waals surface area contributed by atoms with Gasteiger partial charge in [0.15, 0.2) is 5.82 Å². The predicted molar refractivity (Wildman–Crippen MR) is 118 cm³/mol. The highest BCUT2D eigenvalue weighted by Crippen LogP contribution is 2.34. The molecule has 1 aliphatic heterocycles. The third kappa shape index (κ3) is 3.58. The molecule has 4 nitrogen and oxygen atoms in total. The van der Waals surface area contributed by atoms with Crippen LogP contribution >= 0.6 is 23.2 Å². The maximum absolute atomic E-state index is 13.4. The number of benzene rings is 3. The van der Waals surface area contributed by atoms with E-state index in [1.165, 1.54) is 12.1 Å². The number of anilines is 1. The summed E-state index contributed by atoms with van der Waals surface area (Å²) in [6, 6.07) is 21.2. The Morgan fingerprint density at radius 3 is 2.07 bits per heavy atom. The molecule has 5 rings (SSSR count). The average molecular weight is 437 g/mol. The number of halogens is 3. The molecule has 0 saturated heterocycles. The lowest BCUT2D eigenvalue weighted by atomic mass is 10.0. The molecule has 0 saturated carbocycles. The van der Waals surface area contributed by atoms with Gasteiger partial charge >= 0.3 is 0 Å². The monoisotopic (exact) mass is 436 g/mol. The molecule has 0 amide bonds. The van der Waals surface area contributed by atoms with Gasteiger partial charge in [0.2, 0.25) is 5.95 Å². The zero-order valence-electron chi connectivity index (χ0n) is 15.6. The van der Waals surface area contributed by atoms with E-state index < -0.39 is 0 Å². The van der Waals surface area contributed by atoms with E-state index in [0.29, 0.717) is 21.8 Å². The van der Waals surface area contributed by atoms with Crippen LogP contribution in [0.1, 0.15) is 17.2 Å². The number of aromatic nitrogens is 3. The van der Waals surface area contributed by atoms with Gasteiger partial charge in [-0.3, -0.25) is 0 Å². The molecule has 0 bridgehead atoms. The van der Waals surface area contributed by atoms with Crippen LogP contribution in [0.25, 0.3) is 17.1 Å². The average Bonchev–Trinajstić information content (AvgIpc) is 3.19. The molecule has 1 aromatic heterocycles. The van der Waals surface area contributed by atoms with Crippen LogP contribution in [0.3, 0.4) is 0 Å². The van der Waals surface area contributed by atoms with E-state index in [-0.39, 0.29) is 11.9 Å². The summed E-state index contributed by atoms with van der Waals surface area (Å²) >= 11 is 12.1. The van der Waals surface area contributed by atoms with Crippen LogP contribution in [0.15, 0.2) is 78.9 Å². The first-order valence-electron chi connectivity index (χ1n) is 9.29. The van der Waals surface area contributed by atoms with E-state index in [9.17, 15) is 4.39 Å². The highest BCUT2D eigenvalue weighted by Gasteiger charge is 2.25. The third-order valence-electron chi connectivity index (χ3n) is 4.93. The Bertz CT molecular complexity index is 1230. The van der Waals surface area contributed by atoms with Crippen molar-refractivity contribution >= 4 is 34.8 Å². The molecular weight excluding hydrogens is 422 g/mol. The molecule has 0 fully saturated rings. The Hall–Kier alpha value is -3.15. The van der Waals surface area contributed by atoms with Gasteiger partial charge < -0.3 is 5.32 Å². The number of nitrogens with one attached hydrogen (secondary N) is 1. The summed E-state index contributed by atoms with van der Waals surface area (Å²) in [5, 5.41) is 9.37. The van der Waals surface area contributed by atoms with E-state index in [4.69, 9.17) is 33.3 Å². The van der Waals surface area contributed by atoms with Crippen molar-refractivity contribution in [2.75, 3.05) is 5.32 Å². The van der Waals surface area contributed by atoms with Crippen molar-refractivity contribution in [3.05, 3.63) is 106 Å². The van der Waals surface area contributed by atoms with Crippen LogP contribution in [0.2, 0.25) is 10.0 Å². The highest BCUT2D eigenvalue weighted by atomic mass is 35.5. The molecule has 3 aromatic carbocycles. The van der Waals surface area contributed by atoms with Crippen LogP contribution in [0.4, 0.5) is 10.3 Å². The van der Waals surface area contributed by atoms with Crippen LogP contribution < -0.4 is 5.32 Å². The minimum atomic E-state index is -0.280. The molecular formula is C23H15Cl2FN4. The number of rotatable bonds is 3. The Balaban J connectivity index is 1.61. The smallest absolute Gasteiger partial charge is 0.227 e. The summed E-state index contributed by atoms with van der Waals surface area (Å²) in [6.45, 7) is 0. The molecule has 0 spiro atoms. The van der Waals surface area contributed by atoms with Crippen molar-refractivity contribution in [2.45, 2.75) is 6.04 Å². The molecule has 30 heavy (non-hydrogen) atoms. The first kappa shape index (κ1) is 18.9. The number of allylic oxidation sites excluding steroid dienone is 1. The summed E-state index contributed by atoms with van der Waals surface area (Å²) in [5.74, 6) is 0.904. The SMILES string of the molecule is Fc1ccc(C2=CC(c3ccc(Cl)cc3)n3nc(-c4ccc(Cl)cc4)nc3N2)cc1. The largest absolute Gasteiger partial charge is 0.324 e. The van der Waals surface area contributed by atoms with E-state index in [2.05, 4.69) is 5.32 Å². The van der Waals surface area contributed by atoms with Gasteiger partial charge in [-0.05, 0) is 77.9 Å². The molecule has 1 unspecified atom stereocenters. The van der Waals surface area contributed by atoms with Gasteiger partial charge in [-0.1, -0.05) is 35.3 Å². The van der Waals surface area contributed by atoms with Gasteiger partial charge in [-0.15, -0.1) is 5.10 Å². The van der Waals surface area contributed by atoms with Crippen molar-refractivity contribution in [3.8, 4) is 11.4 Å². The van der Waals surface area contributed by atoms with Crippen LogP contribution in [-0.4, -0.2) is 14.8 Å². The van der Waals surface area contributed by atoms with E-state index in [1.807, 2.05) is 59.3 Å². The van der Waals surface area contributed by atoms with Gasteiger partial charge in [0, 0.05) is 21.3 Å². The number of hydrogen-bond donors (Lipinski definition) is 1. The summed E-state index contributed by atoms with van der Waals surface area (Å²) in [7, 11) is 0. The Kier molecular flexibility index (Phi) is 4.77. The van der Waals surface area contributed by atoms with Crippen LogP contribution in [0.5, 0.6) is 0 Å². The van der Waals surface area contributed by atoms with Gasteiger partial charge in [-0.2, -0.15) is 4.98 Å². The van der Waals surface area contributed by atoms with Crippen LogP contribution in [0, 0.1) is 5.82 Å². The number of nitrogens with zero attached hydrogens (tertiary/aromatic N) is 3. The summed E-state index contributed by atoms with van der Waals surface area (Å²) in [4.78, 5) is 4.69. The number of hydrogen-bond acceptors (Lipinski definition) is 3. The maximum atomic E-state index is 13.4. The minimum absolute atomic E-state index is 0.202. The standard InChI is InChI=1S/C23H15Cl2FN4/c24-17-7-1-15(2-8-17)21-13-20(14-5-11-19(26)12-6-14)27-23-28-22(29-30(21)23)16-3-9-18(25)10-4-16/h1-13,21H,(H,27,28,29). The first-order chi connectivity index (χ1) is 14.6. The van der Waals surface area contributed by atoms with Gasteiger partial charge in [0.25, 0.3) is 0 Å². The molecule has 1 atom stereocenters. The quantitative estimate of drug-likeness (QED) is 0.401. The van der Waals surface area contributed by atoms with Gasteiger partial charge in [0.1, 0.15) is 11.9 Å². The van der Waals surface area contributed by atoms with E-state index in [1.54, 1.807) is 12.1 Å². The second-order valence-electron chi connectivity index (χ2n) is 6.92. The third-order valence-corrected chi connectivity index (χ3v) is 5.44. The minimum Gasteiger partial charge on any atom is -0.324 e. The lowest BCUT2D eigenvalue weighted by Crippen LogP contribution is -2.20. The van der Waals surface area contributed by atoms with Gasteiger partial charge in [-0.25, -0.2) is 9.07 Å². The second kappa shape index (κ2) is 7.59. The Morgan fingerprint density at radius 1 is 0.800 bits per heavy atom. The molecule has 148 valence electrons. The summed E-state index contributed by atoms with van der Waals surface area (Å²) in [6.07, 6.45) is 2.05. The lowest BCUT2D eigenvalue weighted by molar-refractivity contribution is 0.613. The normalized spacial score (nSPS) is 15.3. The fraction of sp³-hybridized carbons (Fsp3) is 0.0435. The van der Waals surface area contributed by atoms with Crippen molar-refractivity contribution in [2.24, 2.45) is 0 Å². The van der Waals surface area contributed by atoms with Gasteiger partial charge in [0.05, 0.1) is 0 Å². The maximum Gasteiger partial charge on any atom is 0.227 e. The van der Waals surface area contributed by atoms with Crippen LogP contribution in [-0.2, 0) is 0 Å². The lowest BCUT2D eigenvalue weighted by Gasteiger charge is -2.24. The molecule has 0 aliphatic carbocycles. The molecule has 1 aliphatic rings. The fourth-order valence-corrected chi connectivity index (χ4v) is 3.66. The summed E-state index contributed by atoms with van der Waals surface area (Å²) < 4.78 is 15.2. The molecule has 0 radical (unpaired) electrons. The zero-order valence-corrected chi connectivity index (χ0v) is 17.1. The predicted octanol–water partition coefficient (Wildman–Crippen LogP) is 6.45. The molecule has 2 heterocycles. The topological polar surface area (TPSA) is 42.7 Å². The highest BCUT2D eigenvalue weighted by molar-refractivity contribution is 6.30. The fourth-order valence-electron chi connectivity index (χ4n) is 3.41. The van der Waals surface area contributed by atoms with Crippen molar-refractivity contribution in [1.82, 2.24) is 14.8 Å². The molecule has 1 N–H and O–H groups in total. The Morgan fingerprint density at radius 2 is 1.40 bits per heavy atom. The summed E-state index contributed by atoms with van der Waals surface area (Å²) in [5.41, 5.74) is 3.56. The Labute approximate surface area is 182 Å². The zero-order chi connectivity index (χ0) is 20.7. The van der Waals surface area contributed by atoms with E-state index >= 15 is 0 Å². The van der Waals surface area contributed by atoms with Crippen molar-refractivity contribution < 1.29 is 4.39 Å². The van der Waals surface area contributed by atoms with Crippen molar-refractivity contribution in [3.63, 3.8) is 0 Å². The molecule has 7 heteroatoms. The van der Waals surface area contributed by atoms with Crippen molar-refractivity contribution in [1.29, 1.82) is 0 Å². The van der Waals surface area contributed by atoms with E-state index in [0.717, 1.165) is 22.4 Å². The first-order valence-corrected chi connectivity index (χ1v) is 10.1. The molecule has 4 aromatic rings. The second-order valence-corrected chi connectivity index (χ2v) is 7.79. The number of fused-ring (bicyclic) bond motifs is 1.